The van der Waals surface area contributed by atoms with Gasteiger partial charge in [0.1, 0.15) is 0 Å². The topological polar surface area (TPSA) is 47.6 Å². The van der Waals surface area contributed by atoms with Gasteiger partial charge in [-0.25, -0.2) is 0 Å². The molecule has 4 bridgehead atoms. The molecule has 1 atom stereocenters. The second kappa shape index (κ2) is 7.13. The van der Waals surface area contributed by atoms with E-state index in [0.717, 1.165) is 17.8 Å². The summed E-state index contributed by atoms with van der Waals surface area (Å²) in [4.78, 5) is 12.5. The lowest BCUT2D eigenvalue weighted by Crippen LogP contribution is -2.56. The number of benzene rings is 1. The lowest BCUT2D eigenvalue weighted by atomic mass is 9.48. The van der Waals surface area contributed by atoms with Crippen LogP contribution in [0.15, 0.2) is 24.3 Å². The first-order valence-electron chi connectivity index (χ1n) is 10.2. The molecule has 4 aliphatic rings. The fourth-order valence-corrected chi connectivity index (χ4v) is 6.13. The molecule has 0 heterocycles. The van der Waals surface area contributed by atoms with Crippen LogP contribution < -0.4 is 14.8 Å². The highest BCUT2D eigenvalue weighted by Crippen LogP contribution is 2.61. The molecule has 5 rings (SSSR count). The van der Waals surface area contributed by atoms with Crippen LogP contribution in [-0.4, -0.2) is 25.2 Å². The van der Waals surface area contributed by atoms with Gasteiger partial charge in [-0.2, -0.15) is 0 Å². The van der Waals surface area contributed by atoms with Crippen LogP contribution in [0.3, 0.4) is 0 Å². The van der Waals surface area contributed by atoms with E-state index in [4.69, 9.17) is 9.47 Å². The monoisotopic (exact) mass is 357 g/mol. The standard InChI is InChI=1S/C22H31NO3/c1-3-25-19-6-4-5-7-20(19)26-14-21(24)23-15(2)22-11-16-8-17(12-22)10-18(9-16)13-22/h4-7,15-18H,3,8-14H2,1-2H3,(H,23,24)/t15-,16?,17?,18?,22?/m1/s1. The van der Waals surface area contributed by atoms with Crippen LogP contribution in [0.1, 0.15) is 52.4 Å². The summed E-state index contributed by atoms with van der Waals surface area (Å²) >= 11 is 0. The van der Waals surface area contributed by atoms with Gasteiger partial charge >= 0.3 is 0 Å². The number of hydrogen-bond donors (Lipinski definition) is 1. The minimum atomic E-state index is -0.0282. The van der Waals surface area contributed by atoms with Gasteiger partial charge in [0.05, 0.1) is 6.61 Å². The second-order valence-corrected chi connectivity index (χ2v) is 8.74. The van der Waals surface area contributed by atoms with Gasteiger partial charge in [0, 0.05) is 6.04 Å². The zero-order valence-electron chi connectivity index (χ0n) is 16.0. The molecule has 4 nitrogen and oxygen atoms in total. The lowest BCUT2D eigenvalue weighted by molar-refractivity contribution is -0.127. The highest BCUT2D eigenvalue weighted by molar-refractivity contribution is 5.78. The molecule has 4 fully saturated rings. The quantitative estimate of drug-likeness (QED) is 0.796. The average molecular weight is 357 g/mol. The predicted molar refractivity (Wildman–Crippen MR) is 101 cm³/mol. The highest BCUT2D eigenvalue weighted by atomic mass is 16.5. The molecule has 0 radical (unpaired) electrons. The van der Waals surface area contributed by atoms with E-state index in [1.165, 1.54) is 38.5 Å². The van der Waals surface area contributed by atoms with Gasteiger partial charge in [-0.1, -0.05) is 12.1 Å². The minimum Gasteiger partial charge on any atom is -0.490 e. The fraction of sp³-hybridized carbons (Fsp3) is 0.682. The van der Waals surface area contributed by atoms with E-state index in [0.29, 0.717) is 23.5 Å². The summed E-state index contributed by atoms with van der Waals surface area (Å²) in [5.74, 6) is 3.99. The Morgan fingerprint density at radius 3 is 2.15 bits per heavy atom. The van der Waals surface area contributed by atoms with Gasteiger partial charge < -0.3 is 14.8 Å². The summed E-state index contributed by atoms with van der Waals surface area (Å²) in [6.07, 6.45) is 8.18. The molecule has 1 amide bonds. The van der Waals surface area contributed by atoms with Crippen LogP contribution in [0.25, 0.3) is 0 Å². The Bertz CT molecular complexity index is 621. The van der Waals surface area contributed by atoms with Crippen molar-refractivity contribution in [3.63, 3.8) is 0 Å². The Morgan fingerprint density at radius 1 is 1.08 bits per heavy atom. The maximum absolute atomic E-state index is 12.5. The van der Waals surface area contributed by atoms with Gasteiger partial charge in [0.15, 0.2) is 18.1 Å². The number of para-hydroxylation sites is 2. The third kappa shape index (κ3) is 3.43. The average Bonchev–Trinajstić information content (AvgIpc) is 2.60. The molecule has 4 saturated carbocycles. The summed E-state index contributed by atoms with van der Waals surface area (Å²) < 4.78 is 11.3. The third-order valence-electron chi connectivity index (χ3n) is 6.89. The Morgan fingerprint density at radius 2 is 1.62 bits per heavy atom. The molecule has 0 unspecified atom stereocenters. The molecule has 4 heteroatoms. The summed E-state index contributed by atoms with van der Waals surface area (Å²) in [7, 11) is 0. The van der Waals surface area contributed by atoms with Crippen molar-refractivity contribution in [3.05, 3.63) is 24.3 Å². The SMILES string of the molecule is CCOc1ccccc1OCC(=O)N[C@H](C)C12CC3CC(CC(C3)C1)C2. The summed E-state index contributed by atoms with van der Waals surface area (Å²) in [6, 6.07) is 7.75. The molecule has 1 N–H and O–H groups in total. The zero-order chi connectivity index (χ0) is 18.1. The van der Waals surface area contributed by atoms with Crippen molar-refractivity contribution < 1.29 is 14.3 Å². The van der Waals surface area contributed by atoms with Gasteiger partial charge in [-0.05, 0) is 87.7 Å². The number of carbonyl (C=O) groups is 1. The largest absolute Gasteiger partial charge is 0.490 e. The van der Waals surface area contributed by atoms with Crippen molar-refractivity contribution in [2.24, 2.45) is 23.2 Å². The molecule has 1 aromatic rings. The highest BCUT2D eigenvalue weighted by Gasteiger charge is 2.53. The van der Waals surface area contributed by atoms with E-state index in [2.05, 4.69) is 12.2 Å². The first-order chi connectivity index (χ1) is 12.6. The van der Waals surface area contributed by atoms with E-state index < -0.39 is 0 Å². The van der Waals surface area contributed by atoms with E-state index in [1.54, 1.807) is 0 Å². The number of carbonyl (C=O) groups excluding carboxylic acids is 1. The fourth-order valence-electron chi connectivity index (χ4n) is 6.13. The van der Waals surface area contributed by atoms with Gasteiger partial charge in [0.2, 0.25) is 0 Å². The number of nitrogens with one attached hydrogen (secondary N) is 1. The summed E-state index contributed by atoms with van der Waals surface area (Å²) in [5, 5.41) is 3.25. The lowest BCUT2D eigenvalue weighted by Gasteiger charge is -2.59. The van der Waals surface area contributed by atoms with Gasteiger partial charge in [-0.3, -0.25) is 4.79 Å². The van der Waals surface area contributed by atoms with E-state index in [-0.39, 0.29) is 18.6 Å². The normalized spacial score (nSPS) is 32.9. The van der Waals surface area contributed by atoms with Crippen LogP contribution in [0.4, 0.5) is 0 Å². The van der Waals surface area contributed by atoms with Crippen molar-refractivity contribution in [2.75, 3.05) is 13.2 Å². The molecule has 0 aliphatic heterocycles. The van der Waals surface area contributed by atoms with Gasteiger partial charge in [0.25, 0.3) is 5.91 Å². The third-order valence-corrected chi connectivity index (χ3v) is 6.89. The second-order valence-electron chi connectivity index (χ2n) is 8.74. The van der Waals surface area contributed by atoms with Crippen molar-refractivity contribution >= 4 is 5.91 Å². The molecular weight excluding hydrogens is 326 g/mol. The molecule has 0 aromatic heterocycles. The summed E-state index contributed by atoms with van der Waals surface area (Å²) in [6.45, 7) is 4.77. The molecule has 0 saturated heterocycles. The van der Waals surface area contributed by atoms with Crippen LogP contribution in [0, 0.1) is 23.2 Å². The van der Waals surface area contributed by atoms with E-state index >= 15 is 0 Å². The number of ether oxygens (including phenoxy) is 2. The maximum atomic E-state index is 12.5. The van der Waals surface area contributed by atoms with Crippen molar-refractivity contribution in [3.8, 4) is 11.5 Å². The number of hydrogen-bond acceptors (Lipinski definition) is 3. The minimum absolute atomic E-state index is 0.0282. The molecule has 142 valence electrons. The maximum Gasteiger partial charge on any atom is 0.258 e. The van der Waals surface area contributed by atoms with Gasteiger partial charge in [-0.15, -0.1) is 0 Å². The van der Waals surface area contributed by atoms with Crippen molar-refractivity contribution in [1.82, 2.24) is 5.32 Å². The number of rotatable bonds is 7. The molecule has 26 heavy (non-hydrogen) atoms. The molecule has 0 spiro atoms. The summed E-state index contributed by atoms with van der Waals surface area (Å²) in [5.41, 5.74) is 0.327. The van der Waals surface area contributed by atoms with E-state index in [9.17, 15) is 4.79 Å². The zero-order valence-corrected chi connectivity index (χ0v) is 16.0. The Labute approximate surface area is 156 Å². The van der Waals surface area contributed by atoms with Crippen LogP contribution in [0.2, 0.25) is 0 Å². The smallest absolute Gasteiger partial charge is 0.258 e. The molecular formula is C22H31NO3. The molecule has 4 aliphatic carbocycles. The Kier molecular flexibility index (Phi) is 4.85. The number of amides is 1. The Balaban J connectivity index is 1.34. The van der Waals surface area contributed by atoms with Crippen LogP contribution >= 0.6 is 0 Å². The van der Waals surface area contributed by atoms with E-state index in [1.807, 2.05) is 31.2 Å². The van der Waals surface area contributed by atoms with Crippen molar-refractivity contribution in [2.45, 2.75) is 58.4 Å². The van der Waals surface area contributed by atoms with Crippen molar-refractivity contribution in [1.29, 1.82) is 0 Å². The van der Waals surface area contributed by atoms with Crippen LogP contribution in [-0.2, 0) is 4.79 Å². The first kappa shape index (κ1) is 17.7. The predicted octanol–water partition coefficient (Wildman–Crippen LogP) is 4.19. The first-order valence-corrected chi connectivity index (χ1v) is 10.2. The van der Waals surface area contributed by atoms with Crippen LogP contribution in [0.5, 0.6) is 11.5 Å². The Hall–Kier alpha value is -1.71. The molecule has 1 aromatic carbocycles.